The molecule has 5 heterocycles. The van der Waals surface area contributed by atoms with Gasteiger partial charge >= 0.3 is 0 Å². The van der Waals surface area contributed by atoms with Crippen molar-refractivity contribution in [2.75, 3.05) is 39.1 Å². The molecule has 0 unspecified atom stereocenters. The van der Waals surface area contributed by atoms with E-state index in [1.54, 1.807) is 23.9 Å². The Balaban J connectivity index is 1.47. The van der Waals surface area contributed by atoms with Crippen molar-refractivity contribution in [3.8, 4) is 11.4 Å². The van der Waals surface area contributed by atoms with Crippen LogP contribution in [0.3, 0.4) is 0 Å². The van der Waals surface area contributed by atoms with Crippen molar-refractivity contribution in [3.05, 3.63) is 39.7 Å². The van der Waals surface area contributed by atoms with Crippen LogP contribution in [0.5, 0.6) is 0 Å². The van der Waals surface area contributed by atoms with E-state index < -0.39 is 10.0 Å². The molecule has 0 aliphatic carbocycles. The van der Waals surface area contributed by atoms with Crippen LogP contribution in [0.1, 0.15) is 25.5 Å². The first-order chi connectivity index (χ1) is 17.1. The number of furan rings is 1. The molecule has 1 atom stereocenters. The lowest BCUT2D eigenvalue weighted by atomic mass is 10.0. The van der Waals surface area contributed by atoms with E-state index in [2.05, 4.69) is 9.88 Å². The summed E-state index contributed by atoms with van der Waals surface area (Å²) in [5.41, 5.74) is 1.06. The van der Waals surface area contributed by atoms with Gasteiger partial charge in [0.2, 0.25) is 10.0 Å². The molecule has 2 aliphatic heterocycles. The highest BCUT2D eigenvalue weighted by Crippen LogP contribution is 2.32. The van der Waals surface area contributed by atoms with Gasteiger partial charge in [0.05, 0.1) is 23.8 Å². The number of nitrogens with zero attached hydrogens (tertiary/aromatic N) is 5. The fourth-order valence-corrected chi connectivity index (χ4v) is 6.28. The molecular formula is C24H32ClN5O5S. The zero-order valence-electron chi connectivity index (χ0n) is 20.8. The summed E-state index contributed by atoms with van der Waals surface area (Å²) >= 11 is 6.34. The van der Waals surface area contributed by atoms with Crippen LogP contribution in [0.2, 0.25) is 5.15 Å². The maximum absolute atomic E-state index is 13.0. The predicted molar refractivity (Wildman–Crippen MR) is 138 cm³/mol. The molecule has 0 N–H and O–H groups in total. The molecule has 0 aromatic carbocycles. The number of rotatable bonds is 6. The topological polar surface area (TPSA) is 103 Å². The average molecular weight is 538 g/mol. The van der Waals surface area contributed by atoms with E-state index in [-0.39, 0.29) is 11.6 Å². The molecule has 0 radical (unpaired) electrons. The third-order valence-corrected chi connectivity index (χ3v) is 8.69. The van der Waals surface area contributed by atoms with E-state index >= 15 is 0 Å². The molecule has 0 saturated carbocycles. The number of piperazine rings is 1. The molecule has 0 spiro atoms. The summed E-state index contributed by atoms with van der Waals surface area (Å²) in [6.45, 7) is 6.19. The highest BCUT2D eigenvalue weighted by atomic mass is 35.5. The first-order valence-corrected chi connectivity index (χ1v) is 14.4. The van der Waals surface area contributed by atoms with Crippen LogP contribution in [0.25, 0.3) is 22.4 Å². The number of pyridine rings is 1. The van der Waals surface area contributed by atoms with Gasteiger partial charge in [0.1, 0.15) is 16.7 Å². The van der Waals surface area contributed by atoms with Crippen molar-refractivity contribution in [1.82, 2.24) is 23.3 Å². The lowest BCUT2D eigenvalue weighted by Gasteiger charge is -2.38. The Morgan fingerprint density at radius 1 is 1.19 bits per heavy atom. The molecule has 2 fully saturated rings. The van der Waals surface area contributed by atoms with Crippen molar-refractivity contribution in [3.63, 3.8) is 0 Å². The van der Waals surface area contributed by atoms with Gasteiger partial charge in [-0.3, -0.25) is 9.69 Å². The summed E-state index contributed by atoms with van der Waals surface area (Å²) in [6.07, 6.45) is 6.78. The number of hydrogen-bond acceptors (Lipinski definition) is 7. The first kappa shape index (κ1) is 25.5. The largest absolute Gasteiger partial charge is 0.459 e. The van der Waals surface area contributed by atoms with Crippen LogP contribution in [0, 0.1) is 5.92 Å². The Labute approximate surface area is 215 Å². The summed E-state index contributed by atoms with van der Waals surface area (Å²) in [5, 5.41) is 0.882. The standard InChI is InChI=1S/C24H32ClN5O5S/c1-16-11-30(36(3,32)33)7-6-28(16)13-18-10-19-22(35-18)20(14-27(2)24(19)31)23-26-21(25)15-29(23)12-17-4-8-34-9-5-17/h10,14-17H,4-9,11-13H2,1-3H3/t16-/m1/s1. The first-order valence-electron chi connectivity index (χ1n) is 12.2. The monoisotopic (exact) mass is 537 g/mol. The number of sulfonamides is 1. The van der Waals surface area contributed by atoms with Crippen molar-refractivity contribution in [2.24, 2.45) is 13.0 Å². The van der Waals surface area contributed by atoms with Gasteiger partial charge in [0, 0.05) is 64.9 Å². The molecule has 10 nitrogen and oxygen atoms in total. The molecule has 12 heteroatoms. The van der Waals surface area contributed by atoms with Gasteiger partial charge in [-0.2, -0.15) is 4.31 Å². The molecule has 2 saturated heterocycles. The summed E-state index contributed by atoms with van der Waals surface area (Å²) in [7, 11) is -1.50. The van der Waals surface area contributed by atoms with Gasteiger partial charge in [0.15, 0.2) is 5.58 Å². The van der Waals surface area contributed by atoms with Gasteiger partial charge in [-0.1, -0.05) is 11.6 Å². The summed E-state index contributed by atoms with van der Waals surface area (Å²) in [4.78, 5) is 19.7. The van der Waals surface area contributed by atoms with E-state index in [0.717, 1.165) is 32.6 Å². The molecular weight excluding hydrogens is 506 g/mol. The second kappa shape index (κ2) is 9.94. The van der Waals surface area contributed by atoms with Crippen molar-refractivity contribution in [1.29, 1.82) is 0 Å². The van der Waals surface area contributed by atoms with Crippen LogP contribution < -0.4 is 5.56 Å². The maximum Gasteiger partial charge on any atom is 0.261 e. The number of imidazole rings is 1. The molecule has 3 aromatic heterocycles. The van der Waals surface area contributed by atoms with Crippen LogP contribution in [0.15, 0.2) is 27.7 Å². The number of hydrogen-bond donors (Lipinski definition) is 0. The Morgan fingerprint density at radius 3 is 2.64 bits per heavy atom. The van der Waals surface area contributed by atoms with Gasteiger partial charge in [-0.25, -0.2) is 13.4 Å². The quantitative estimate of drug-likeness (QED) is 0.476. The van der Waals surface area contributed by atoms with E-state index in [4.69, 9.17) is 20.8 Å². The van der Waals surface area contributed by atoms with Gasteiger partial charge in [-0.05, 0) is 31.7 Å². The minimum atomic E-state index is -3.22. The van der Waals surface area contributed by atoms with Crippen LogP contribution in [0.4, 0.5) is 0 Å². The maximum atomic E-state index is 13.0. The SMILES string of the molecule is C[C@@H]1CN(S(C)(=O)=O)CCN1Cc1cc2c(=O)n(C)cc(-c3nc(Cl)cn3CC3CCOCC3)c2o1. The van der Waals surface area contributed by atoms with Crippen molar-refractivity contribution >= 4 is 32.6 Å². The molecule has 196 valence electrons. The summed E-state index contributed by atoms with van der Waals surface area (Å²) in [6, 6.07) is 1.81. The predicted octanol–water partition coefficient (Wildman–Crippen LogP) is 2.54. The number of aromatic nitrogens is 3. The molecule has 0 amide bonds. The lowest BCUT2D eigenvalue weighted by molar-refractivity contribution is 0.0614. The average Bonchev–Trinajstić information content (AvgIpc) is 3.41. The Kier molecular flexibility index (Phi) is 7.03. The number of ether oxygens (including phenoxy) is 1. The fourth-order valence-electron chi connectivity index (χ4n) is 5.18. The Morgan fingerprint density at radius 2 is 1.94 bits per heavy atom. The molecule has 2 aliphatic rings. The second-order valence-corrected chi connectivity index (χ2v) is 12.3. The van der Waals surface area contributed by atoms with Crippen molar-refractivity contribution in [2.45, 2.75) is 38.9 Å². The Hall–Kier alpha value is -2.18. The van der Waals surface area contributed by atoms with E-state index in [0.29, 0.717) is 65.4 Å². The summed E-state index contributed by atoms with van der Waals surface area (Å²) < 4.78 is 40.8. The molecule has 5 rings (SSSR count). The van der Waals surface area contributed by atoms with Crippen molar-refractivity contribution < 1.29 is 17.6 Å². The highest BCUT2D eigenvalue weighted by molar-refractivity contribution is 7.88. The van der Waals surface area contributed by atoms with Gasteiger partial charge in [-0.15, -0.1) is 0 Å². The Bertz CT molecular complexity index is 1420. The second-order valence-electron chi connectivity index (χ2n) is 9.95. The zero-order chi connectivity index (χ0) is 25.6. The normalized spacial score (nSPS) is 20.9. The minimum Gasteiger partial charge on any atom is -0.459 e. The van der Waals surface area contributed by atoms with E-state index in [1.165, 1.54) is 10.6 Å². The van der Waals surface area contributed by atoms with E-state index in [1.807, 2.05) is 17.7 Å². The van der Waals surface area contributed by atoms with Gasteiger partial charge < -0.3 is 18.3 Å². The summed E-state index contributed by atoms with van der Waals surface area (Å²) in [5.74, 6) is 1.79. The fraction of sp³-hybridized carbons (Fsp3) is 0.583. The number of aryl methyl sites for hydroxylation is 1. The van der Waals surface area contributed by atoms with E-state index in [9.17, 15) is 13.2 Å². The van der Waals surface area contributed by atoms with Crippen LogP contribution in [-0.2, 0) is 34.9 Å². The third kappa shape index (κ3) is 5.12. The lowest BCUT2D eigenvalue weighted by Crippen LogP contribution is -2.52. The number of fused-ring (bicyclic) bond motifs is 1. The van der Waals surface area contributed by atoms with Crippen LogP contribution >= 0.6 is 11.6 Å². The minimum absolute atomic E-state index is 0.0150. The smallest absolute Gasteiger partial charge is 0.261 e. The van der Waals surface area contributed by atoms with Gasteiger partial charge in [0.25, 0.3) is 5.56 Å². The molecule has 3 aromatic rings. The molecule has 0 bridgehead atoms. The molecule has 36 heavy (non-hydrogen) atoms. The van der Waals surface area contributed by atoms with Crippen LogP contribution in [-0.4, -0.2) is 76.9 Å². The zero-order valence-corrected chi connectivity index (χ0v) is 22.4. The third-order valence-electron chi connectivity index (χ3n) is 7.24. The number of halogens is 1. The highest BCUT2D eigenvalue weighted by Gasteiger charge is 2.30.